The van der Waals surface area contributed by atoms with E-state index in [-0.39, 0.29) is 5.75 Å². The highest BCUT2D eigenvalue weighted by atomic mass is 19.4. The summed E-state index contributed by atoms with van der Waals surface area (Å²) >= 11 is 0. The van der Waals surface area contributed by atoms with Gasteiger partial charge in [-0.05, 0) is 24.3 Å². The first-order valence-electron chi connectivity index (χ1n) is 3.95. The minimum absolute atomic E-state index is 0.0393. The van der Waals surface area contributed by atoms with Crippen molar-refractivity contribution in [3.05, 3.63) is 24.3 Å². The van der Waals surface area contributed by atoms with Crippen LogP contribution in [0.3, 0.4) is 0 Å². The first kappa shape index (κ1) is 12.1. The Morgan fingerprint density at radius 2 is 1.69 bits per heavy atom. The topological polar surface area (TPSA) is 73.6 Å². The van der Waals surface area contributed by atoms with Gasteiger partial charge in [0, 0.05) is 0 Å². The molecule has 0 aromatic heterocycles. The van der Waals surface area contributed by atoms with Crippen LogP contribution in [0.5, 0.6) is 11.5 Å². The molecule has 0 bridgehead atoms. The summed E-state index contributed by atoms with van der Waals surface area (Å²) in [6.45, 7) is 0. The minimum atomic E-state index is -4.75. The molecule has 16 heavy (non-hydrogen) atoms. The molecule has 3 N–H and O–H groups in total. The average Bonchev–Trinajstić information content (AvgIpc) is 2.18. The van der Waals surface area contributed by atoms with Crippen molar-refractivity contribution in [3.8, 4) is 11.5 Å². The number of rotatable bonds is 2. The fourth-order valence-corrected chi connectivity index (χ4v) is 0.846. The average molecular weight is 236 g/mol. The van der Waals surface area contributed by atoms with Gasteiger partial charge in [0.2, 0.25) is 0 Å². The van der Waals surface area contributed by atoms with Crippen LogP contribution >= 0.6 is 0 Å². The molecule has 8 heteroatoms. The van der Waals surface area contributed by atoms with Gasteiger partial charge in [-0.1, -0.05) is 0 Å². The first-order valence-corrected chi connectivity index (χ1v) is 3.95. The Kier molecular flexibility index (Phi) is 3.56. The second-order valence-corrected chi connectivity index (χ2v) is 2.55. The number of hydrazine groups is 1. The quantitative estimate of drug-likeness (QED) is 0.464. The van der Waals surface area contributed by atoms with Crippen LogP contribution in [-0.2, 0) is 0 Å². The molecular formula is C8H7F3N2O3. The number of carbonyl (C=O) groups excluding carboxylic acids is 1. The van der Waals surface area contributed by atoms with Crippen molar-refractivity contribution in [2.24, 2.45) is 5.84 Å². The van der Waals surface area contributed by atoms with Crippen LogP contribution in [0, 0.1) is 0 Å². The molecule has 0 aliphatic carbocycles. The Labute approximate surface area is 87.9 Å². The maximum Gasteiger partial charge on any atom is 0.573 e. The summed E-state index contributed by atoms with van der Waals surface area (Å²) in [4.78, 5) is 10.6. The zero-order chi connectivity index (χ0) is 12.2. The molecule has 1 aromatic carbocycles. The van der Waals surface area contributed by atoms with E-state index in [1.54, 1.807) is 5.43 Å². The molecule has 0 saturated carbocycles. The molecule has 0 unspecified atom stereocenters. The number of amides is 1. The molecule has 1 rings (SSSR count). The molecule has 0 aliphatic heterocycles. The Hall–Kier alpha value is -1.96. The number of hydrogen-bond donors (Lipinski definition) is 2. The van der Waals surface area contributed by atoms with E-state index >= 15 is 0 Å². The van der Waals surface area contributed by atoms with Gasteiger partial charge in [0.25, 0.3) is 0 Å². The number of carbonyl (C=O) groups is 1. The van der Waals surface area contributed by atoms with Gasteiger partial charge in [-0.25, -0.2) is 10.6 Å². The Morgan fingerprint density at radius 3 is 2.12 bits per heavy atom. The van der Waals surface area contributed by atoms with E-state index in [9.17, 15) is 18.0 Å². The van der Waals surface area contributed by atoms with Crippen LogP contribution in [0.25, 0.3) is 0 Å². The van der Waals surface area contributed by atoms with Crippen LogP contribution in [-0.4, -0.2) is 12.5 Å². The summed E-state index contributed by atoms with van der Waals surface area (Å²) in [6, 6.07) is 4.28. The number of halogens is 3. The normalized spacial score (nSPS) is 10.8. The molecule has 0 aliphatic rings. The van der Waals surface area contributed by atoms with E-state index in [0.717, 1.165) is 24.3 Å². The molecule has 0 fully saturated rings. The largest absolute Gasteiger partial charge is 0.573 e. The van der Waals surface area contributed by atoms with Gasteiger partial charge in [-0.3, -0.25) is 5.43 Å². The fourth-order valence-electron chi connectivity index (χ4n) is 0.846. The van der Waals surface area contributed by atoms with Gasteiger partial charge in [-0.15, -0.1) is 13.2 Å². The summed E-state index contributed by atoms with van der Waals surface area (Å²) < 4.78 is 43.5. The number of alkyl halides is 3. The molecule has 1 amide bonds. The molecule has 88 valence electrons. The lowest BCUT2D eigenvalue weighted by Gasteiger charge is -2.09. The second-order valence-electron chi connectivity index (χ2n) is 2.55. The number of hydrogen-bond acceptors (Lipinski definition) is 4. The van der Waals surface area contributed by atoms with E-state index in [1.807, 2.05) is 0 Å². The van der Waals surface area contributed by atoms with Crippen LogP contribution in [0.4, 0.5) is 18.0 Å². The molecular weight excluding hydrogens is 229 g/mol. The van der Waals surface area contributed by atoms with Crippen molar-refractivity contribution in [3.63, 3.8) is 0 Å². The third kappa shape index (κ3) is 4.05. The Bertz CT molecular complexity index is 364. The van der Waals surface area contributed by atoms with E-state index in [4.69, 9.17) is 5.84 Å². The first-order chi connectivity index (χ1) is 7.40. The molecule has 1 aromatic rings. The van der Waals surface area contributed by atoms with Gasteiger partial charge in [0.05, 0.1) is 0 Å². The molecule has 0 saturated heterocycles. The van der Waals surface area contributed by atoms with Crippen molar-refractivity contribution >= 4 is 6.09 Å². The number of benzene rings is 1. The summed E-state index contributed by atoms with van der Waals surface area (Å²) in [5.74, 6) is 4.37. The monoisotopic (exact) mass is 236 g/mol. The van der Waals surface area contributed by atoms with Crippen molar-refractivity contribution in [1.29, 1.82) is 0 Å². The van der Waals surface area contributed by atoms with Gasteiger partial charge in [-0.2, -0.15) is 0 Å². The molecule has 0 spiro atoms. The van der Waals surface area contributed by atoms with Crippen molar-refractivity contribution < 1.29 is 27.4 Å². The summed E-state index contributed by atoms with van der Waals surface area (Å²) in [7, 11) is 0. The number of nitrogens with one attached hydrogen (secondary N) is 1. The van der Waals surface area contributed by atoms with E-state index in [0.29, 0.717) is 0 Å². The summed E-state index contributed by atoms with van der Waals surface area (Å²) in [5.41, 5.74) is 1.69. The second kappa shape index (κ2) is 4.71. The van der Waals surface area contributed by atoms with Crippen LogP contribution in [0.1, 0.15) is 0 Å². The van der Waals surface area contributed by atoms with E-state index in [2.05, 4.69) is 9.47 Å². The van der Waals surface area contributed by atoms with Gasteiger partial charge in [0.1, 0.15) is 11.5 Å². The van der Waals surface area contributed by atoms with Crippen LogP contribution < -0.4 is 20.7 Å². The molecule has 0 atom stereocenters. The predicted octanol–water partition coefficient (Wildman–Crippen LogP) is 1.55. The standard InChI is InChI=1S/C8H7F3N2O3/c9-8(10,11)16-6-3-1-5(2-4-6)15-7(14)13-12/h1-4H,12H2,(H,13,14). The zero-order valence-corrected chi connectivity index (χ0v) is 7.75. The lowest BCUT2D eigenvalue weighted by molar-refractivity contribution is -0.274. The smallest absolute Gasteiger partial charge is 0.409 e. The number of ether oxygens (including phenoxy) is 2. The van der Waals surface area contributed by atoms with Crippen molar-refractivity contribution in [1.82, 2.24) is 5.43 Å². The minimum Gasteiger partial charge on any atom is -0.409 e. The highest BCUT2D eigenvalue weighted by molar-refractivity contribution is 5.69. The fraction of sp³-hybridized carbons (Fsp3) is 0.125. The van der Waals surface area contributed by atoms with E-state index < -0.39 is 18.2 Å². The van der Waals surface area contributed by atoms with E-state index in [1.165, 1.54) is 0 Å². The Balaban J connectivity index is 2.64. The Morgan fingerprint density at radius 1 is 1.19 bits per heavy atom. The highest BCUT2D eigenvalue weighted by Crippen LogP contribution is 2.24. The third-order valence-electron chi connectivity index (χ3n) is 1.39. The van der Waals surface area contributed by atoms with Gasteiger partial charge < -0.3 is 9.47 Å². The zero-order valence-electron chi connectivity index (χ0n) is 7.75. The van der Waals surface area contributed by atoms with Gasteiger partial charge in [0.15, 0.2) is 0 Å². The SMILES string of the molecule is NNC(=O)Oc1ccc(OC(F)(F)F)cc1. The maximum atomic E-state index is 11.8. The molecule has 0 radical (unpaired) electrons. The van der Waals surface area contributed by atoms with Crippen LogP contribution in [0.2, 0.25) is 0 Å². The van der Waals surface area contributed by atoms with Crippen LogP contribution in [0.15, 0.2) is 24.3 Å². The summed E-state index contributed by atoms with van der Waals surface area (Å²) in [6.07, 6.45) is -5.68. The van der Waals surface area contributed by atoms with Gasteiger partial charge >= 0.3 is 12.5 Å². The molecule has 5 nitrogen and oxygen atoms in total. The summed E-state index contributed by atoms with van der Waals surface area (Å²) in [5, 5.41) is 0. The lowest BCUT2D eigenvalue weighted by Crippen LogP contribution is -2.32. The van der Waals surface area contributed by atoms with Crippen molar-refractivity contribution in [2.45, 2.75) is 6.36 Å². The highest BCUT2D eigenvalue weighted by Gasteiger charge is 2.30. The third-order valence-corrected chi connectivity index (χ3v) is 1.39. The lowest BCUT2D eigenvalue weighted by atomic mass is 10.3. The molecule has 0 heterocycles. The number of nitrogens with two attached hydrogens (primary N) is 1. The van der Waals surface area contributed by atoms with Crippen molar-refractivity contribution in [2.75, 3.05) is 0 Å². The predicted molar refractivity (Wildman–Crippen MR) is 46.5 cm³/mol. The maximum absolute atomic E-state index is 11.8.